The van der Waals surface area contributed by atoms with E-state index in [0.29, 0.717) is 17.9 Å². The number of rotatable bonds is 5. The minimum atomic E-state index is -0.124. The van der Waals surface area contributed by atoms with Crippen LogP contribution in [0.15, 0.2) is 72.9 Å². The van der Waals surface area contributed by atoms with Crippen LogP contribution in [0.4, 0.5) is 0 Å². The molecular weight excluding hydrogens is 352 g/mol. The van der Waals surface area contributed by atoms with Gasteiger partial charge in [-0.1, -0.05) is 30.3 Å². The molecule has 0 radical (unpaired) electrons. The molecule has 0 spiro atoms. The maximum absolute atomic E-state index is 13.0. The van der Waals surface area contributed by atoms with Gasteiger partial charge in [-0.05, 0) is 48.9 Å². The molecule has 0 saturated carbocycles. The van der Waals surface area contributed by atoms with Crippen LogP contribution in [0.2, 0.25) is 0 Å². The van der Waals surface area contributed by atoms with Gasteiger partial charge >= 0.3 is 0 Å². The van der Waals surface area contributed by atoms with Gasteiger partial charge in [-0.25, -0.2) is 0 Å². The number of nitrogens with zero attached hydrogens (tertiary/aromatic N) is 2. The van der Waals surface area contributed by atoms with Gasteiger partial charge in [-0.15, -0.1) is 0 Å². The van der Waals surface area contributed by atoms with Crippen LogP contribution in [0.1, 0.15) is 34.6 Å². The molecule has 1 aliphatic rings. The van der Waals surface area contributed by atoms with Gasteiger partial charge in [0.25, 0.3) is 5.91 Å². The summed E-state index contributed by atoms with van der Waals surface area (Å²) < 4.78 is 7.90. The maximum atomic E-state index is 13.0. The molecule has 1 atom stereocenters. The SMILES string of the molecule is CC(=O)c1ccc(OCC(=O)N2CCn3cccc3C2c2ccccc2)cc1. The highest BCUT2D eigenvalue weighted by Crippen LogP contribution is 2.32. The first-order chi connectivity index (χ1) is 13.6. The van der Waals surface area contributed by atoms with Gasteiger partial charge in [0, 0.05) is 30.5 Å². The highest BCUT2D eigenvalue weighted by Gasteiger charge is 2.32. The Morgan fingerprint density at radius 3 is 2.43 bits per heavy atom. The summed E-state index contributed by atoms with van der Waals surface area (Å²) in [7, 11) is 0. The Morgan fingerprint density at radius 2 is 1.71 bits per heavy atom. The second-order valence-electron chi connectivity index (χ2n) is 6.90. The topological polar surface area (TPSA) is 51.5 Å². The monoisotopic (exact) mass is 374 g/mol. The van der Waals surface area contributed by atoms with Crippen LogP contribution < -0.4 is 4.74 Å². The predicted molar refractivity (Wildman–Crippen MR) is 106 cm³/mol. The lowest BCUT2D eigenvalue weighted by atomic mass is 10.00. The van der Waals surface area contributed by atoms with Crippen LogP contribution in [-0.2, 0) is 11.3 Å². The smallest absolute Gasteiger partial charge is 0.261 e. The van der Waals surface area contributed by atoms with E-state index < -0.39 is 0 Å². The third-order valence-electron chi connectivity index (χ3n) is 5.10. The number of aromatic nitrogens is 1. The number of Topliss-reactive ketones (excluding diaryl/α,β-unsaturated/α-hetero) is 1. The number of ether oxygens (including phenoxy) is 1. The number of hydrogen-bond acceptors (Lipinski definition) is 3. The molecule has 1 amide bonds. The second-order valence-corrected chi connectivity index (χ2v) is 6.90. The van der Waals surface area contributed by atoms with Gasteiger partial charge in [-0.3, -0.25) is 9.59 Å². The third-order valence-corrected chi connectivity index (χ3v) is 5.10. The van der Waals surface area contributed by atoms with E-state index in [1.54, 1.807) is 24.3 Å². The van der Waals surface area contributed by atoms with Gasteiger partial charge in [0.1, 0.15) is 5.75 Å². The fourth-order valence-electron chi connectivity index (χ4n) is 3.65. The summed E-state index contributed by atoms with van der Waals surface area (Å²) in [5, 5.41) is 0. The third kappa shape index (κ3) is 3.56. The van der Waals surface area contributed by atoms with Crippen LogP contribution in [0.25, 0.3) is 0 Å². The normalized spacial score (nSPS) is 15.8. The summed E-state index contributed by atoms with van der Waals surface area (Å²) in [6.45, 7) is 2.89. The zero-order chi connectivity index (χ0) is 19.5. The van der Waals surface area contributed by atoms with E-state index in [2.05, 4.69) is 29.0 Å². The Labute approximate surface area is 164 Å². The highest BCUT2D eigenvalue weighted by molar-refractivity contribution is 5.94. The molecule has 0 N–H and O–H groups in total. The summed E-state index contributed by atoms with van der Waals surface area (Å²) >= 11 is 0. The molecule has 142 valence electrons. The van der Waals surface area contributed by atoms with Crippen molar-refractivity contribution in [1.29, 1.82) is 0 Å². The summed E-state index contributed by atoms with van der Waals surface area (Å²) in [5.74, 6) is 0.525. The minimum Gasteiger partial charge on any atom is -0.484 e. The van der Waals surface area contributed by atoms with Crippen molar-refractivity contribution >= 4 is 11.7 Å². The number of fused-ring (bicyclic) bond motifs is 1. The van der Waals surface area contributed by atoms with E-state index in [9.17, 15) is 9.59 Å². The number of benzene rings is 2. The van der Waals surface area contributed by atoms with Gasteiger partial charge in [0.05, 0.1) is 6.04 Å². The van der Waals surface area contributed by atoms with Crippen LogP contribution >= 0.6 is 0 Å². The van der Waals surface area contributed by atoms with Crippen LogP contribution in [0.5, 0.6) is 5.75 Å². The lowest BCUT2D eigenvalue weighted by Gasteiger charge is -2.37. The zero-order valence-electron chi connectivity index (χ0n) is 15.7. The summed E-state index contributed by atoms with van der Waals surface area (Å²) in [5.41, 5.74) is 2.82. The van der Waals surface area contributed by atoms with E-state index in [4.69, 9.17) is 4.74 Å². The molecule has 0 bridgehead atoms. The molecule has 5 nitrogen and oxygen atoms in total. The van der Waals surface area contributed by atoms with Gasteiger partial charge < -0.3 is 14.2 Å². The van der Waals surface area contributed by atoms with E-state index in [1.165, 1.54) is 6.92 Å². The number of hydrogen-bond donors (Lipinski definition) is 0. The van der Waals surface area contributed by atoms with E-state index in [-0.39, 0.29) is 24.3 Å². The first kappa shape index (κ1) is 18.0. The average Bonchev–Trinajstić information content (AvgIpc) is 3.21. The number of ketones is 1. The molecular formula is C23H22N2O3. The standard InChI is InChI=1S/C23H22N2O3/c1-17(26)18-9-11-20(12-10-18)28-16-22(27)25-15-14-24-13-5-8-21(24)23(25)19-6-3-2-4-7-19/h2-13,23H,14-16H2,1H3. The fourth-order valence-corrected chi connectivity index (χ4v) is 3.65. The molecule has 28 heavy (non-hydrogen) atoms. The number of carbonyl (C=O) groups excluding carboxylic acids is 2. The number of carbonyl (C=O) groups is 2. The van der Waals surface area contributed by atoms with Crippen LogP contribution in [-0.4, -0.2) is 34.3 Å². The first-order valence-electron chi connectivity index (χ1n) is 9.37. The molecule has 0 fully saturated rings. The van der Waals surface area contributed by atoms with E-state index >= 15 is 0 Å². The average molecular weight is 374 g/mol. The molecule has 2 heterocycles. The van der Waals surface area contributed by atoms with Crippen LogP contribution in [0, 0.1) is 0 Å². The lowest BCUT2D eigenvalue weighted by Crippen LogP contribution is -2.44. The summed E-state index contributed by atoms with van der Waals surface area (Å²) in [4.78, 5) is 26.3. The quantitative estimate of drug-likeness (QED) is 0.640. The van der Waals surface area contributed by atoms with E-state index in [0.717, 1.165) is 17.8 Å². The van der Waals surface area contributed by atoms with Gasteiger partial charge in [0.15, 0.2) is 12.4 Å². The Balaban J connectivity index is 1.52. The second kappa shape index (κ2) is 7.72. The first-order valence-corrected chi connectivity index (χ1v) is 9.37. The van der Waals surface area contributed by atoms with Crippen molar-refractivity contribution in [2.24, 2.45) is 0 Å². The fraction of sp³-hybridized carbons (Fsp3) is 0.217. The van der Waals surface area contributed by atoms with Crippen LogP contribution in [0.3, 0.4) is 0 Å². The maximum Gasteiger partial charge on any atom is 0.261 e. The molecule has 1 unspecified atom stereocenters. The lowest BCUT2D eigenvalue weighted by molar-refractivity contribution is -0.136. The Morgan fingerprint density at radius 1 is 0.964 bits per heavy atom. The molecule has 0 saturated heterocycles. The van der Waals surface area contributed by atoms with Gasteiger partial charge in [-0.2, -0.15) is 0 Å². The zero-order valence-corrected chi connectivity index (χ0v) is 15.7. The molecule has 1 aromatic heterocycles. The molecule has 0 aliphatic carbocycles. The van der Waals surface area contributed by atoms with Crippen molar-refractivity contribution in [3.05, 3.63) is 89.7 Å². The van der Waals surface area contributed by atoms with Crippen molar-refractivity contribution in [2.75, 3.05) is 13.2 Å². The predicted octanol–water partition coefficient (Wildman–Crippen LogP) is 3.70. The van der Waals surface area contributed by atoms with Crippen molar-refractivity contribution in [3.63, 3.8) is 0 Å². The molecule has 1 aliphatic heterocycles. The summed E-state index contributed by atoms with van der Waals surface area (Å²) in [6.07, 6.45) is 2.06. The molecule has 5 heteroatoms. The molecule has 3 aromatic rings. The highest BCUT2D eigenvalue weighted by atomic mass is 16.5. The Hall–Kier alpha value is -3.34. The van der Waals surface area contributed by atoms with Crippen molar-refractivity contribution in [3.8, 4) is 5.75 Å². The van der Waals surface area contributed by atoms with Crippen molar-refractivity contribution in [2.45, 2.75) is 19.5 Å². The van der Waals surface area contributed by atoms with Gasteiger partial charge in [0.2, 0.25) is 0 Å². The largest absolute Gasteiger partial charge is 0.484 e. The number of amides is 1. The minimum absolute atomic E-state index is 0.00430. The van der Waals surface area contributed by atoms with Crippen molar-refractivity contribution < 1.29 is 14.3 Å². The van der Waals surface area contributed by atoms with E-state index in [1.807, 2.05) is 29.2 Å². The molecule has 4 rings (SSSR count). The Kier molecular flexibility index (Phi) is 4.98. The molecule has 2 aromatic carbocycles. The summed E-state index contributed by atoms with van der Waals surface area (Å²) in [6, 6.07) is 20.9. The van der Waals surface area contributed by atoms with Crippen molar-refractivity contribution in [1.82, 2.24) is 9.47 Å². The Bertz CT molecular complexity index is 977.